The Morgan fingerprint density at radius 2 is 2.15 bits per heavy atom. The molecule has 1 atom stereocenters. The Bertz CT molecular complexity index is 942. The molecule has 26 heavy (non-hydrogen) atoms. The molecule has 8 nitrogen and oxygen atoms in total. The number of aromatic nitrogens is 5. The molecule has 0 aliphatic carbocycles. The zero-order chi connectivity index (χ0) is 18.3. The number of nitrogens with zero attached hydrogens (tertiary/aromatic N) is 7. The van der Waals surface area contributed by atoms with Crippen molar-refractivity contribution in [1.82, 2.24) is 34.2 Å². The Hall–Kier alpha value is -2.74. The SMILES string of the molecule is Cc1nnc2n1CC(CN(C)C)N(C(=O)Cc1cnn3ccccc13)C2. The summed E-state index contributed by atoms with van der Waals surface area (Å²) in [5.74, 6) is 1.85. The standard InChI is InChI=1S/C18H23N7O/c1-13-20-21-17-12-24(15(10-22(2)3)11-23(13)17)18(26)8-14-9-19-25-7-5-4-6-16(14)25/h4-7,9,15H,8,10-12H2,1-3H3. The van der Waals surface area contributed by atoms with E-state index in [1.807, 2.05) is 50.3 Å². The summed E-state index contributed by atoms with van der Waals surface area (Å²) < 4.78 is 3.92. The molecule has 0 fully saturated rings. The molecule has 0 spiro atoms. The molecule has 0 bridgehead atoms. The van der Waals surface area contributed by atoms with E-state index in [4.69, 9.17) is 0 Å². The van der Waals surface area contributed by atoms with Crippen LogP contribution in [0.2, 0.25) is 0 Å². The number of hydrogen-bond acceptors (Lipinski definition) is 5. The fourth-order valence-corrected chi connectivity index (χ4v) is 3.63. The number of pyridine rings is 1. The van der Waals surface area contributed by atoms with Crippen molar-refractivity contribution in [3.05, 3.63) is 47.8 Å². The third-order valence-electron chi connectivity index (χ3n) is 4.90. The molecule has 4 heterocycles. The highest BCUT2D eigenvalue weighted by Gasteiger charge is 2.32. The van der Waals surface area contributed by atoms with Gasteiger partial charge in [0.05, 0.1) is 30.7 Å². The van der Waals surface area contributed by atoms with E-state index in [0.717, 1.165) is 35.8 Å². The summed E-state index contributed by atoms with van der Waals surface area (Å²) in [5.41, 5.74) is 1.92. The molecular formula is C18H23N7O. The lowest BCUT2D eigenvalue weighted by Crippen LogP contribution is -2.51. The Kier molecular flexibility index (Phi) is 4.20. The summed E-state index contributed by atoms with van der Waals surface area (Å²) in [6, 6.07) is 5.98. The first kappa shape index (κ1) is 16.7. The molecule has 3 aromatic rings. The molecule has 8 heteroatoms. The average molecular weight is 353 g/mol. The summed E-state index contributed by atoms with van der Waals surface area (Å²) in [5, 5.41) is 12.7. The fraction of sp³-hybridized carbons (Fsp3) is 0.444. The molecule has 0 N–H and O–H groups in total. The molecule has 0 radical (unpaired) electrons. The summed E-state index contributed by atoms with van der Waals surface area (Å²) in [4.78, 5) is 17.2. The van der Waals surface area contributed by atoms with Crippen molar-refractivity contribution in [3.63, 3.8) is 0 Å². The van der Waals surface area contributed by atoms with Crippen LogP contribution in [0.3, 0.4) is 0 Å². The van der Waals surface area contributed by atoms with Gasteiger partial charge in [0, 0.05) is 24.8 Å². The van der Waals surface area contributed by atoms with E-state index >= 15 is 0 Å². The molecule has 0 saturated heterocycles. The Balaban J connectivity index is 1.60. The average Bonchev–Trinajstić information content (AvgIpc) is 3.18. The second kappa shape index (κ2) is 6.53. The quantitative estimate of drug-likeness (QED) is 0.692. The van der Waals surface area contributed by atoms with Gasteiger partial charge in [-0.2, -0.15) is 5.10 Å². The topological polar surface area (TPSA) is 71.6 Å². The minimum Gasteiger partial charge on any atom is -0.329 e. The molecule has 1 amide bonds. The highest BCUT2D eigenvalue weighted by molar-refractivity contribution is 5.81. The van der Waals surface area contributed by atoms with Crippen LogP contribution in [-0.2, 0) is 24.3 Å². The maximum Gasteiger partial charge on any atom is 0.227 e. The molecule has 0 aromatic carbocycles. The zero-order valence-electron chi connectivity index (χ0n) is 15.3. The first-order valence-electron chi connectivity index (χ1n) is 8.77. The van der Waals surface area contributed by atoms with Crippen LogP contribution >= 0.6 is 0 Å². The van der Waals surface area contributed by atoms with E-state index < -0.39 is 0 Å². The van der Waals surface area contributed by atoms with Gasteiger partial charge in [0.2, 0.25) is 5.91 Å². The van der Waals surface area contributed by atoms with Gasteiger partial charge in [0.25, 0.3) is 0 Å². The second-order valence-electron chi connectivity index (χ2n) is 7.09. The minimum absolute atomic E-state index is 0.0986. The lowest BCUT2D eigenvalue weighted by Gasteiger charge is -2.37. The van der Waals surface area contributed by atoms with Gasteiger partial charge < -0.3 is 14.4 Å². The van der Waals surface area contributed by atoms with Crippen LogP contribution in [0.25, 0.3) is 5.52 Å². The Morgan fingerprint density at radius 3 is 2.96 bits per heavy atom. The minimum atomic E-state index is 0.0986. The van der Waals surface area contributed by atoms with E-state index in [-0.39, 0.29) is 11.9 Å². The number of amides is 1. The van der Waals surface area contributed by atoms with Crippen LogP contribution in [0, 0.1) is 6.92 Å². The molecule has 3 aromatic heterocycles. The van der Waals surface area contributed by atoms with Gasteiger partial charge in [-0.3, -0.25) is 4.79 Å². The Labute approximate surface area is 152 Å². The smallest absolute Gasteiger partial charge is 0.227 e. The van der Waals surface area contributed by atoms with Crippen LogP contribution in [0.15, 0.2) is 30.6 Å². The molecule has 1 aliphatic heterocycles. The van der Waals surface area contributed by atoms with Crippen molar-refractivity contribution < 1.29 is 4.79 Å². The molecular weight excluding hydrogens is 330 g/mol. The van der Waals surface area contributed by atoms with Crippen molar-refractivity contribution in [1.29, 1.82) is 0 Å². The monoisotopic (exact) mass is 353 g/mol. The predicted octanol–water partition coefficient (Wildman–Crippen LogP) is 0.749. The van der Waals surface area contributed by atoms with E-state index in [0.29, 0.717) is 13.0 Å². The number of rotatable bonds is 4. The highest BCUT2D eigenvalue weighted by Crippen LogP contribution is 2.20. The van der Waals surface area contributed by atoms with Gasteiger partial charge in [-0.15, -0.1) is 10.2 Å². The summed E-state index contributed by atoms with van der Waals surface area (Å²) in [7, 11) is 4.06. The first-order valence-corrected chi connectivity index (χ1v) is 8.77. The second-order valence-corrected chi connectivity index (χ2v) is 7.09. The van der Waals surface area contributed by atoms with Crippen LogP contribution in [0.5, 0.6) is 0 Å². The van der Waals surface area contributed by atoms with Crippen molar-refractivity contribution in [2.75, 3.05) is 20.6 Å². The van der Waals surface area contributed by atoms with Gasteiger partial charge in [0.15, 0.2) is 5.82 Å². The maximum atomic E-state index is 13.1. The van der Waals surface area contributed by atoms with Crippen LogP contribution in [0.4, 0.5) is 0 Å². The molecule has 0 saturated carbocycles. The van der Waals surface area contributed by atoms with Crippen molar-refractivity contribution in [2.45, 2.75) is 32.5 Å². The molecule has 136 valence electrons. The normalized spacial score (nSPS) is 17.1. The largest absolute Gasteiger partial charge is 0.329 e. The summed E-state index contributed by atoms with van der Waals surface area (Å²) >= 11 is 0. The molecule has 4 rings (SSSR count). The van der Waals surface area contributed by atoms with E-state index in [9.17, 15) is 4.79 Å². The van der Waals surface area contributed by atoms with Crippen LogP contribution in [0.1, 0.15) is 17.2 Å². The zero-order valence-corrected chi connectivity index (χ0v) is 15.3. The molecule has 1 aliphatic rings. The lowest BCUT2D eigenvalue weighted by atomic mass is 10.1. The summed E-state index contributed by atoms with van der Waals surface area (Å²) in [6.45, 7) is 3.99. The van der Waals surface area contributed by atoms with Gasteiger partial charge in [-0.1, -0.05) is 6.07 Å². The van der Waals surface area contributed by atoms with E-state index in [1.54, 1.807) is 10.7 Å². The lowest BCUT2D eigenvalue weighted by molar-refractivity contribution is -0.135. The third-order valence-corrected chi connectivity index (χ3v) is 4.90. The first-order chi connectivity index (χ1) is 12.5. The van der Waals surface area contributed by atoms with Gasteiger partial charge >= 0.3 is 0 Å². The van der Waals surface area contributed by atoms with Crippen LogP contribution in [-0.4, -0.2) is 66.8 Å². The third kappa shape index (κ3) is 2.96. The van der Waals surface area contributed by atoms with Crippen LogP contribution < -0.4 is 0 Å². The van der Waals surface area contributed by atoms with Crippen molar-refractivity contribution >= 4 is 11.4 Å². The van der Waals surface area contributed by atoms with Gasteiger partial charge in [-0.25, -0.2) is 4.52 Å². The fourth-order valence-electron chi connectivity index (χ4n) is 3.63. The number of fused-ring (bicyclic) bond motifs is 2. The van der Waals surface area contributed by atoms with E-state index in [1.165, 1.54) is 0 Å². The predicted molar refractivity (Wildman–Crippen MR) is 96.5 cm³/mol. The number of carbonyl (C=O) groups is 1. The number of aryl methyl sites for hydroxylation is 1. The highest BCUT2D eigenvalue weighted by atomic mass is 16.2. The summed E-state index contributed by atoms with van der Waals surface area (Å²) in [6.07, 6.45) is 4.01. The van der Waals surface area contributed by atoms with Crippen molar-refractivity contribution in [3.8, 4) is 0 Å². The van der Waals surface area contributed by atoms with Crippen molar-refractivity contribution in [2.24, 2.45) is 0 Å². The number of hydrogen-bond donors (Lipinski definition) is 0. The molecule has 1 unspecified atom stereocenters. The number of likely N-dealkylation sites (N-methyl/N-ethyl adjacent to an activating group) is 1. The number of carbonyl (C=O) groups excluding carboxylic acids is 1. The Morgan fingerprint density at radius 1 is 1.31 bits per heavy atom. The van der Waals surface area contributed by atoms with E-state index in [2.05, 4.69) is 24.8 Å². The maximum absolute atomic E-state index is 13.1. The van der Waals surface area contributed by atoms with Gasteiger partial charge in [-0.05, 0) is 33.2 Å². The van der Waals surface area contributed by atoms with Gasteiger partial charge in [0.1, 0.15) is 5.82 Å².